The molecule has 136 valence electrons. The zero-order valence-electron chi connectivity index (χ0n) is 14.4. The smallest absolute Gasteiger partial charge is 0.316 e. The van der Waals surface area contributed by atoms with Crippen LogP contribution in [0.5, 0.6) is 0 Å². The number of nitrogens with one attached hydrogen (secondary N) is 1. The lowest BCUT2D eigenvalue weighted by atomic mass is 9.70. The maximum Gasteiger partial charge on any atom is 0.316 e. The van der Waals surface area contributed by atoms with Gasteiger partial charge in [0, 0.05) is 35.7 Å². The van der Waals surface area contributed by atoms with Crippen molar-refractivity contribution in [1.82, 2.24) is 5.32 Å². The Morgan fingerprint density at radius 2 is 2.04 bits per heavy atom. The van der Waals surface area contributed by atoms with E-state index in [0.29, 0.717) is 23.3 Å². The molecule has 1 N–H and O–H groups in total. The molecule has 1 aromatic rings. The van der Waals surface area contributed by atoms with Crippen LogP contribution >= 0.6 is 0 Å². The van der Waals surface area contributed by atoms with Crippen LogP contribution < -0.4 is 5.32 Å². The van der Waals surface area contributed by atoms with Crippen molar-refractivity contribution < 1.29 is 24.0 Å². The van der Waals surface area contributed by atoms with Crippen LogP contribution in [0.3, 0.4) is 0 Å². The van der Waals surface area contributed by atoms with Gasteiger partial charge in [0.1, 0.15) is 5.92 Å². The molecule has 8 nitrogen and oxygen atoms in total. The van der Waals surface area contributed by atoms with E-state index < -0.39 is 22.7 Å². The molecular weight excluding hydrogens is 340 g/mol. The number of hydrogen-bond donors (Lipinski definition) is 1. The summed E-state index contributed by atoms with van der Waals surface area (Å²) in [7, 11) is 1.23. The number of amides is 1. The van der Waals surface area contributed by atoms with Gasteiger partial charge in [-0.2, -0.15) is 0 Å². The second-order valence-corrected chi connectivity index (χ2v) is 6.60. The minimum Gasteiger partial charge on any atom is -0.468 e. The number of benzene rings is 1. The third-order valence-corrected chi connectivity index (χ3v) is 4.93. The summed E-state index contributed by atoms with van der Waals surface area (Å²) in [5.41, 5.74) is 1.24. The first-order valence-electron chi connectivity index (χ1n) is 8.22. The molecule has 8 heteroatoms. The minimum absolute atomic E-state index is 0.00594. The third kappa shape index (κ3) is 2.98. The molecule has 0 fully saturated rings. The Bertz CT molecular complexity index is 844. The van der Waals surface area contributed by atoms with E-state index in [9.17, 15) is 24.5 Å². The summed E-state index contributed by atoms with van der Waals surface area (Å²) in [4.78, 5) is 47.8. The van der Waals surface area contributed by atoms with Gasteiger partial charge in [0.05, 0.1) is 12.0 Å². The highest BCUT2D eigenvalue weighted by Gasteiger charge is 2.45. The quantitative estimate of drug-likeness (QED) is 0.381. The highest BCUT2D eigenvalue weighted by molar-refractivity contribution is 6.11. The molecule has 1 aliphatic heterocycles. The lowest BCUT2D eigenvalue weighted by Gasteiger charge is -2.36. The molecule has 1 aliphatic carbocycles. The molecule has 1 aromatic carbocycles. The molecule has 0 aromatic heterocycles. The standard InChI is InChI=1S/C18H18N2O6/c1-9-6-13-16(17(22)15(9)18(23)26-2)12(8-14(21)19-13)10-4-3-5-11(7-10)20(24)25/h3-5,7,9,12,15H,6,8H2,1-2H3,(H,19,21)/t9-,12+,15+/m0/s1. The number of carbonyl (C=O) groups is 3. The van der Waals surface area contributed by atoms with Crippen molar-refractivity contribution in [3.63, 3.8) is 0 Å². The molecule has 3 rings (SSSR count). The Balaban J connectivity index is 2.09. The summed E-state index contributed by atoms with van der Waals surface area (Å²) in [6.07, 6.45) is 0.353. The average Bonchev–Trinajstić information content (AvgIpc) is 2.60. The SMILES string of the molecule is COC(=O)[C@H]1C(=O)C2=C(C[C@@H]1C)NC(=O)C[C@@H]2c1cccc([N+](=O)[O-])c1. The van der Waals surface area contributed by atoms with E-state index in [-0.39, 0.29) is 29.7 Å². The number of esters is 1. The number of allylic oxidation sites excluding steroid dienone is 2. The first-order valence-corrected chi connectivity index (χ1v) is 8.22. The fourth-order valence-corrected chi connectivity index (χ4v) is 3.74. The monoisotopic (exact) mass is 358 g/mol. The van der Waals surface area contributed by atoms with Crippen LogP contribution in [0.2, 0.25) is 0 Å². The van der Waals surface area contributed by atoms with Crippen LogP contribution in [-0.4, -0.2) is 29.7 Å². The van der Waals surface area contributed by atoms with Gasteiger partial charge >= 0.3 is 5.97 Å². The van der Waals surface area contributed by atoms with Crippen LogP contribution in [-0.2, 0) is 19.1 Å². The summed E-state index contributed by atoms with van der Waals surface area (Å²) in [6.45, 7) is 1.76. The lowest BCUT2D eigenvalue weighted by molar-refractivity contribution is -0.384. The fraction of sp³-hybridized carbons (Fsp3) is 0.389. The van der Waals surface area contributed by atoms with E-state index in [0.717, 1.165) is 0 Å². The summed E-state index contributed by atoms with van der Waals surface area (Å²) in [5, 5.41) is 13.8. The van der Waals surface area contributed by atoms with Crippen molar-refractivity contribution >= 4 is 23.3 Å². The van der Waals surface area contributed by atoms with Crippen molar-refractivity contribution in [2.75, 3.05) is 7.11 Å². The predicted octanol–water partition coefficient (Wildman–Crippen LogP) is 1.85. The van der Waals surface area contributed by atoms with E-state index in [2.05, 4.69) is 5.32 Å². The maximum atomic E-state index is 13.0. The Hall–Kier alpha value is -3.03. The highest BCUT2D eigenvalue weighted by Crippen LogP contribution is 2.42. The summed E-state index contributed by atoms with van der Waals surface area (Å²) in [6, 6.07) is 5.89. The Kier molecular flexibility index (Phi) is 4.58. The second-order valence-electron chi connectivity index (χ2n) is 6.60. The Labute approximate surface area is 149 Å². The molecule has 2 aliphatic rings. The van der Waals surface area contributed by atoms with Gasteiger partial charge in [0.25, 0.3) is 5.69 Å². The molecule has 0 saturated heterocycles. The van der Waals surface area contributed by atoms with Crippen molar-refractivity contribution in [2.24, 2.45) is 11.8 Å². The van der Waals surface area contributed by atoms with Gasteiger partial charge in [0.2, 0.25) is 5.91 Å². The number of ketones is 1. The van der Waals surface area contributed by atoms with Gasteiger partial charge in [-0.05, 0) is 17.9 Å². The number of methoxy groups -OCH3 is 1. The van der Waals surface area contributed by atoms with E-state index in [4.69, 9.17) is 4.74 Å². The van der Waals surface area contributed by atoms with Crippen LogP contribution in [0.25, 0.3) is 0 Å². The predicted molar refractivity (Wildman–Crippen MR) is 89.9 cm³/mol. The highest BCUT2D eigenvalue weighted by atomic mass is 16.6. The third-order valence-electron chi connectivity index (χ3n) is 4.93. The number of carbonyl (C=O) groups excluding carboxylic acids is 3. The number of Topliss-reactive ketones (excluding diaryl/α,β-unsaturated/α-hetero) is 1. The zero-order valence-corrected chi connectivity index (χ0v) is 14.4. The van der Waals surface area contributed by atoms with E-state index in [1.807, 2.05) is 0 Å². The molecule has 0 spiro atoms. The molecule has 0 saturated carbocycles. The van der Waals surface area contributed by atoms with E-state index in [1.54, 1.807) is 13.0 Å². The number of rotatable bonds is 3. The van der Waals surface area contributed by atoms with Gasteiger partial charge in [-0.25, -0.2) is 0 Å². The van der Waals surface area contributed by atoms with Crippen molar-refractivity contribution in [2.45, 2.75) is 25.7 Å². The first kappa shape index (κ1) is 17.8. The lowest BCUT2D eigenvalue weighted by Crippen LogP contribution is -2.44. The van der Waals surface area contributed by atoms with Crippen LogP contribution in [0.4, 0.5) is 5.69 Å². The van der Waals surface area contributed by atoms with Gasteiger partial charge < -0.3 is 10.1 Å². The average molecular weight is 358 g/mol. The summed E-state index contributed by atoms with van der Waals surface area (Å²) >= 11 is 0. The van der Waals surface area contributed by atoms with E-state index in [1.165, 1.54) is 25.3 Å². The summed E-state index contributed by atoms with van der Waals surface area (Å²) < 4.78 is 4.76. The molecular formula is C18H18N2O6. The fourth-order valence-electron chi connectivity index (χ4n) is 3.74. The van der Waals surface area contributed by atoms with Crippen molar-refractivity contribution in [1.29, 1.82) is 0 Å². The minimum atomic E-state index is -0.935. The van der Waals surface area contributed by atoms with Gasteiger partial charge in [-0.3, -0.25) is 24.5 Å². The second kappa shape index (κ2) is 6.70. The molecule has 0 bridgehead atoms. The normalized spacial score (nSPS) is 25.4. The number of nitrogens with zero attached hydrogens (tertiary/aromatic N) is 1. The number of non-ortho nitro benzene ring substituents is 1. The molecule has 3 atom stereocenters. The largest absolute Gasteiger partial charge is 0.468 e. The van der Waals surface area contributed by atoms with Crippen molar-refractivity contribution in [3.8, 4) is 0 Å². The molecule has 1 amide bonds. The first-order chi connectivity index (χ1) is 12.3. The maximum absolute atomic E-state index is 13.0. The number of ether oxygens (including phenoxy) is 1. The Morgan fingerprint density at radius 1 is 1.31 bits per heavy atom. The van der Waals surface area contributed by atoms with Gasteiger partial charge in [0.15, 0.2) is 5.78 Å². The number of nitro groups is 1. The van der Waals surface area contributed by atoms with Crippen molar-refractivity contribution in [3.05, 3.63) is 51.2 Å². The van der Waals surface area contributed by atoms with Gasteiger partial charge in [-0.1, -0.05) is 19.1 Å². The summed E-state index contributed by atoms with van der Waals surface area (Å²) in [5.74, 6) is -3.11. The number of nitro benzene ring substituents is 1. The van der Waals surface area contributed by atoms with Crippen LogP contribution in [0.15, 0.2) is 35.5 Å². The van der Waals surface area contributed by atoms with Gasteiger partial charge in [-0.15, -0.1) is 0 Å². The van der Waals surface area contributed by atoms with E-state index >= 15 is 0 Å². The molecule has 0 unspecified atom stereocenters. The van der Waals surface area contributed by atoms with Crippen LogP contribution in [0.1, 0.15) is 31.2 Å². The molecule has 0 radical (unpaired) electrons. The Morgan fingerprint density at radius 3 is 2.69 bits per heavy atom. The zero-order chi connectivity index (χ0) is 19.0. The van der Waals surface area contributed by atoms with Crippen LogP contribution in [0, 0.1) is 22.0 Å². The molecule has 26 heavy (non-hydrogen) atoms. The molecule has 1 heterocycles. The topological polar surface area (TPSA) is 116 Å². The number of hydrogen-bond acceptors (Lipinski definition) is 6.